The maximum absolute atomic E-state index is 9.42. The van der Waals surface area contributed by atoms with Crippen molar-refractivity contribution in [2.24, 2.45) is 0 Å². The van der Waals surface area contributed by atoms with Gasteiger partial charge in [-0.25, -0.2) is 9.97 Å². The quantitative estimate of drug-likeness (QED) is 0.655. The zero-order valence-corrected chi connectivity index (χ0v) is 10.6. The number of halogens is 1. The first-order chi connectivity index (χ1) is 7.06. The average molecular weight is 247 g/mol. The molecule has 0 spiro atoms. The third kappa shape index (κ3) is 3.33. The lowest BCUT2D eigenvalue weighted by Crippen LogP contribution is -2.15. The molecule has 0 bridgehead atoms. The van der Waals surface area contributed by atoms with Crippen molar-refractivity contribution in [1.82, 2.24) is 9.97 Å². The molecule has 0 saturated carbocycles. The van der Waals surface area contributed by atoms with E-state index < -0.39 is 0 Å². The third-order valence-corrected chi connectivity index (χ3v) is 3.85. The number of hydrogen-bond acceptors (Lipinski definition) is 4. The van der Waals surface area contributed by atoms with Crippen LogP contribution in [0.2, 0.25) is 5.15 Å². The molecule has 0 saturated heterocycles. The number of aromatic nitrogens is 2. The normalized spacial score (nSPS) is 15.0. The van der Waals surface area contributed by atoms with Gasteiger partial charge < -0.3 is 5.11 Å². The average Bonchev–Trinajstić information content (AvgIpc) is 2.18. The lowest BCUT2D eigenvalue weighted by atomic mass is 10.3. The van der Waals surface area contributed by atoms with Crippen molar-refractivity contribution in [2.45, 2.75) is 43.6 Å². The van der Waals surface area contributed by atoms with Crippen molar-refractivity contribution in [1.29, 1.82) is 0 Å². The highest BCUT2D eigenvalue weighted by Gasteiger charge is 2.15. The van der Waals surface area contributed by atoms with Gasteiger partial charge in [0, 0.05) is 10.8 Å². The van der Waals surface area contributed by atoms with Crippen molar-refractivity contribution in [3.8, 4) is 0 Å². The van der Waals surface area contributed by atoms with Crippen molar-refractivity contribution < 1.29 is 5.11 Å². The van der Waals surface area contributed by atoms with Crippen molar-refractivity contribution in [2.75, 3.05) is 0 Å². The fraction of sp³-hybridized carbons (Fsp3) is 0.600. The molecule has 1 heterocycles. The molecule has 0 aliphatic heterocycles. The number of rotatable bonds is 4. The number of thioether (sulfide) groups is 1. The Morgan fingerprint density at radius 1 is 1.47 bits per heavy atom. The standard InChI is InChI=1S/C10H15ClN2OS/c1-4-8-9(11)12-5-13-10(8)15-7(3)6(2)14/h5-7,14H,4H2,1-3H3. The van der Waals surface area contributed by atoms with Gasteiger partial charge in [-0.3, -0.25) is 0 Å². The molecule has 84 valence electrons. The van der Waals surface area contributed by atoms with Crippen LogP contribution in [0.3, 0.4) is 0 Å². The molecule has 1 N–H and O–H groups in total. The second-order valence-corrected chi connectivity index (χ2v) is 5.09. The Labute approximate surface area is 99.3 Å². The van der Waals surface area contributed by atoms with Crippen LogP contribution in [-0.4, -0.2) is 26.4 Å². The van der Waals surface area contributed by atoms with Gasteiger partial charge >= 0.3 is 0 Å². The highest BCUT2D eigenvalue weighted by atomic mass is 35.5. The molecule has 15 heavy (non-hydrogen) atoms. The third-order valence-electron chi connectivity index (χ3n) is 2.18. The van der Waals surface area contributed by atoms with E-state index in [0.717, 1.165) is 17.0 Å². The van der Waals surface area contributed by atoms with Crippen LogP contribution in [0, 0.1) is 0 Å². The summed E-state index contributed by atoms with van der Waals surface area (Å²) in [4.78, 5) is 8.13. The summed E-state index contributed by atoms with van der Waals surface area (Å²) in [6, 6.07) is 0. The molecule has 0 aliphatic carbocycles. The Morgan fingerprint density at radius 3 is 2.67 bits per heavy atom. The van der Waals surface area contributed by atoms with Crippen LogP contribution in [0.5, 0.6) is 0 Å². The van der Waals surface area contributed by atoms with Crippen LogP contribution in [0.15, 0.2) is 11.4 Å². The monoisotopic (exact) mass is 246 g/mol. The van der Waals surface area contributed by atoms with E-state index in [4.69, 9.17) is 11.6 Å². The Balaban J connectivity index is 2.89. The summed E-state index contributed by atoms with van der Waals surface area (Å²) in [5, 5.41) is 10.9. The molecule has 0 aliphatic rings. The Kier molecular flexibility index (Phi) is 4.83. The Hall–Kier alpha value is -0.320. The number of hydrogen-bond donors (Lipinski definition) is 1. The Bertz CT molecular complexity index is 333. The van der Waals surface area contributed by atoms with Crippen LogP contribution in [0.1, 0.15) is 26.3 Å². The Morgan fingerprint density at radius 2 is 2.13 bits per heavy atom. The molecule has 2 atom stereocenters. The lowest BCUT2D eigenvalue weighted by Gasteiger charge is -2.15. The summed E-state index contributed by atoms with van der Waals surface area (Å²) >= 11 is 7.50. The van der Waals surface area contributed by atoms with E-state index in [2.05, 4.69) is 9.97 Å². The van der Waals surface area contributed by atoms with E-state index in [1.54, 1.807) is 6.92 Å². The predicted molar refractivity (Wildman–Crippen MR) is 63.4 cm³/mol. The smallest absolute Gasteiger partial charge is 0.136 e. The molecule has 0 amide bonds. The fourth-order valence-electron chi connectivity index (χ4n) is 1.05. The minimum absolute atomic E-state index is 0.0984. The second-order valence-electron chi connectivity index (χ2n) is 3.37. The first-order valence-corrected chi connectivity index (χ1v) is 6.16. The first kappa shape index (κ1) is 12.7. The van der Waals surface area contributed by atoms with Crippen molar-refractivity contribution in [3.05, 3.63) is 17.0 Å². The molecule has 0 radical (unpaired) electrons. The maximum atomic E-state index is 9.42. The summed E-state index contributed by atoms with van der Waals surface area (Å²) < 4.78 is 0. The van der Waals surface area contributed by atoms with Crippen LogP contribution in [-0.2, 0) is 6.42 Å². The van der Waals surface area contributed by atoms with Gasteiger partial charge in [-0.15, -0.1) is 11.8 Å². The molecule has 5 heteroatoms. The molecular weight excluding hydrogens is 232 g/mol. The van der Waals surface area contributed by atoms with Crippen LogP contribution in [0.25, 0.3) is 0 Å². The summed E-state index contributed by atoms with van der Waals surface area (Å²) in [5.74, 6) is 0. The van der Waals surface area contributed by atoms with E-state index >= 15 is 0 Å². The maximum Gasteiger partial charge on any atom is 0.136 e. The van der Waals surface area contributed by atoms with Gasteiger partial charge in [-0.1, -0.05) is 25.4 Å². The van der Waals surface area contributed by atoms with Gasteiger partial charge in [0.1, 0.15) is 16.5 Å². The van der Waals surface area contributed by atoms with E-state index in [1.165, 1.54) is 18.1 Å². The topological polar surface area (TPSA) is 46.0 Å². The number of nitrogens with zero attached hydrogens (tertiary/aromatic N) is 2. The summed E-state index contributed by atoms with van der Waals surface area (Å²) in [5.41, 5.74) is 0.955. The summed E-state index contributed by atoms with van der Waals surface area (Å²) in [7, 11) is 0. The molecule has 0 aromatic carbocycles. The van der Waals surface area contributed by atoms with Crippen molar-refractivity contribution >= 4 is 23.4 Å². The van der Waals surface area contributed by atoms with Gasteiger partial charge in [0.2, 0.25) is 0 Å². The number of aliphatic hydroxyl groups excluding tert-OH is 1. The zero-order chi connectivity index (χ0) is 11.4. The van der Waals surface area contributed by atoms with Gasteiger partial charge in [0.25, 0.3) is 0 Å². The van der Waals surface area contributed by atoms with Gasteiger partial charge in [-0.2, -0.15) is 0 Å². The molecule has 1 aromatic rings. The number of aliphatic hydroxyl groups is 1. The second kappa shape index (κ2) is 5.68. The molecule has 0 fully saturated rings. The fourth-order valence-corrected chi connectivity index (χ4v) is 2.41. The first-order valence-electron chi connectivity index (χ1n) is 4.90. The zero-order valence-electron chi connectivity index (χ0n) is 9.07. The molecular formula is C10H15ClN2OS. The minimum Gasteiger partial charge on any atom is -0.392 e. The minimum atomic E-state index is -0.367. The predicted octanol–water partition coefficient (Wildman–Crippen LogP) is 2.55. The van der Waals surface area contributed by atoms with Gasteiger partial charge in [0.15, 0.2) is 0 Å². The highest BCUT2D eigenvalue weighted by molar-refractivity contribution is 7.99. The molecule has 3 nitrogen and oxygen atoms in total. The van der Waals surface area contributed by atoms with Crippen LogP contribution in [0.4, 0.5) is 0 Å². The SMILES string of the molecule is CCc1c(Cl)ncnc1SC(C)C(C)O. The summed E-state index contributed by atoms with van der Waals surface area (Å²) in [6.45, 7) is 5.75. The molecule has 1 rings (SSSR count). The van der Waals surface area contributed by atoms with Gasteiger partial charge in [-0.05, 0) is 13.3 Å². The van der Waals surface area contributed by atoms with Crippen LogP contribution >= 0.6 is 23.4 Å². The molecule has 1 aromatic heterocycles. The molecule has 2 unspecified atom stereocenters. The van der Waals surface area contributed by atoms with E-state index in [1.807, 2.05) is 13.8 Å². The van der Waals surface area contributed by atoms with E-state index in [-0.39, 0.29) is 11.4 Å². The van der Waals surface area contributed by atoms with Crippen molar-refractivity contribution in [3.63, 3.8) is 0 Å². The summed E-state index contributed by atoms with van der Waals surface area (Å²) in [6.07, 6.45) is 1.89. The highest BCUT2D eigenvalue weighted by Crippen LogP contribution is 2.29. The van der Waals surface area contributed by atoms with E-state index in [0.29, 0.717) is 5.15 Å². The van der Waals surface area contributed by atoms with E-state index in [9.17, 15) is 5.11 Å². The van der Waals surface area contributed by atoms with Gasteiger partial charge in [0.05, 0.1) is 6.10 Å². The largest absolute Gasteiger partial charge is 0.392 e. The lowest BCUT2D eigenvalue weighted by molar-refractivity contribution is 0.196. The van der Waals surface area contributed by atoms with Crippen LogP contribution < -0.4 is 0 Å².